The van der Waals surface area contributed by atoms with Gasteiger partial charge in [0.2, 0.25) is 0 Å². The lowest BCUT2D eigenvalue weighted by molar-refractivity contribution is 0.0698. The first-order chi connectivity index (χ1) is 9.60. The molecule has 0 aliphatic heterocycles. The van der Waals surface area contributed by atoms with Gasteiger partial charge in [0.25, 0.3) is 0 Å². The van der Waals surface area contributed by atoms with Gasteiger partial charge in [0.05, 0.1) is 17.0 Å². The number of carboxylic acids is 1. The van der Waals surface area contributed by atoms with Crippen molar-refractivity contribution in [3.63, 3.8) is 0 Å². The second kappa shape index (κ2) is 6.53. The molecule has 7 nitrogen and oxygen atoms in total. The van der Waals surface area contributed by atoms with Gasteiger partial charge in [0.1, 0.15) is 15.7 Å². The molecule has 0 atom stereocenters. The molecule has 0 heterocycles. The van der Waals surface area contributed by atoms with Crippen molar-refractivity contribution in [3.8, 4) is 0 Å². The van der Waals surface area contributed by atoms with Crippen LogP contribution in [0.4, 0.5) is 14.9 Å². The number of urea groups is 1. The Morgan fingerprint density at radius 2 is 2.00 bits per heavy atom. The highest BCUT2D eigenvalue weighted by molar-refractivity contribution is 7.90. The average Bonchev–Trinajstić information content (AvgIpc) is 2.34. The lowest BCUT2D eigenvalue weighted by Crippen LogP contribution is -2.35. The summed E-state index contributed by atoms with van der Waals surface area (Å²) in [6.07, 6.45) is 1.04. The van der Waals surface area contributed by atoms with E-state index in [2.05, 4.69) is 5.32 Å². The van der Waals surface area contributed by atoms with Crippen molar-refractivity contribution in [1.82, 2.24) is 4.90 Å². The SMILES string of the molecule is CN(CCS(C)(=O)=O)C(=O)Nc1cc(F)ccc1C(=O)O. The molecule has 0 unspecified atom stereocenters. The first-order valence-corrected chi connectivity index (χ1v) is 7.89. The molecule has 0 saturated heterocycles. The summed E-state index contributed by atoms with van der Waals surface area (Å²) in [4.78, 5) is 23.9. The number of benzene rings is 1. The first-order valence-electron chi connectivity index (χ1n) is 5.83. The van der Waals surface area contributed by atoms with Gasteiger partial charge in [-0.3, -0.25) is 0 Å². The molecule has 1 rings (SSSR count). The third-order valence-electron chi connectivity index (χ3n) is 2.60. The number of nitrogens with one attached hydrogen (secondary N) is 1. The predicted octanol–water partition coefficient (Wildman–Crippen LogP) is 1.03. The predicted molar refractivity (Wildman–Crippen MR) is 74.7 cm³/mol. The van der Waals surface area contributed by atoms with Crippen LogP contribution in [0, 0.1) is 5.82 Å². The van der Waals surface area contributed by atoms with Crippen molar-refractivity contribution in [3.05, 3.63) is 29.6 Å². The summed E-state index contributed by atoms with van der Waals surface area (Å²) in [5.41, 5.74) is -0.458. The number of amides is 2. The van der Waals surface area contributed by atoms with E-state index in [0.29, 0.717) is 0 Å². The largest absolute Gasteiger partial charge is 0.478 e. The molecule has 21 heavy (non-hydrogen) atoms. The van der Waals surface area contributed by atoms with Crippen LogP contribution in [0.3, 0.4) is 0 Å². The van der Waals surface area contributed by atoms with Crippen LogP contribution in [0.15, 0.2) is 18.2 Å². The number of nitrogens with zero attached hydrogens (tertiary/aromatic N) is 1. The van der Waals surface area contributed by atoms with Crippen LogP contribution >= 0.6 is 0 Å². The van der Waals surface area contributed by atoms with E-state index >= 15 is 0 Å². The van der Waals surface area contributed by atoms with Crippen LogP contribution in [0.2, 0.25) is 0 Å². The van der Waals surface area contributed by atoms with Gasteiger partial charge in [0.15, 0.2) is 0 Å². The fraction of sp³-hybridized carbons (Fsp3) is 0.333. The lowest BCUT2D eigenvalue weighted by Gasteiger charge is -2.18. The van der Waals surface area contributed by atoms with E-state index in [9.17, 15) is 22.4 Å². The zero-order valence-electron chi connectivity index (χ0n) is 11.5. The molecule has 116 valence electrons. The van der Waals surface area contributed by atoms with E-state index in [1.807, 2.05) is 0 Å². The van der Waals surface area contributed by atoms with E-state index in [1.54, 1.807) is 0 Å². The normalized spacial score (nSPS) is 11.0. The highest BCUT2D eigenvalue weighted by atomic mass is 32.2. The van der Waals surface area contributed by atoms with Crippen molar-refractivity contribution in [2.75, 3.05) is 30.9 Å². The zero-order valence-corrected chi connectivity index (χ0v) is 12.3. The highest BCUT2D eigenvalue weighted by Gasteiger charge is 2.16. The van der Waals surface area contributed by atoms with Crippen LogP contribution in [0.1, 0.15) is 10.4 Å². The Balaban J connectivity index is 2.83. The van der Waals surface area contributed by atoms with Gasteiger partial charge in [0, 0.05) is 19.8 Å². The molecule has 2 N–H and O–H groups in total. The van der Waals surface area contributed by atoms with Crippen LogP contribution < -0.4 is 5.32 Å². The quantitative estimate of drug-likeness (QED) is 0.844. The minimum absolute atomic E-state index is 0.0671. The van der Waals surface area contributed by atoms with Crippen LogP contribution in [-0.4, -0.2) is 56.0 Å². The van der Waals surface area contributed by atoms with Crippen LogP contribution in [0.5, 0.6) is 0 Å². The molecule has 0 aliphatic carbocycles. The summed E-state index contributed by atoms with van der Waals surface area (Å²) in [5, 5.41) is 11.2. The Kier molecular flexibility index (Phi) is 5.25. The second-order valence-electron chi connectivity index (χ2n) is 4.48. The minimum atomic E-state index is -3.23. The van der Waals surface area contributed by atoms with Gasteiger partial charge in [-0.05, 0) is 18.2 Å². The average molecular weight is 318 g/mol. The molecule has 0 radical (unpaired) electrons. The number of carbonyl (C=O) groups excluding carboxylic acids is 1. The van der Waals surface area contributed by atoms with Crippen LogP contribution in [-0.2, 0) is 9.84 Å². The van der Waals surface area contributed by atoms with Gasteiger partial charge in [-0.1, -0.05) is 0 Å². The maximum Gasteiger partial charge on any atom is 0.337 e. The van der Waals surface area contributed by atoms with Gasteiger partial charge in [-0.25, -0.2) is 22.4 Å². The number of carbonyl (C=O) groups is 2. The van der Waals surface area contributed by atoms with Crippen molar-refractivity contribution in [1.29, 1.82) is 0 Å². The number of hydrogen-bond donors (Lipinski definition) is 2. The van der Waals surface area contributed by atoms with E-state index in [1.165, 1.54) is 7.05 Å². The maximum absolute atomic E-state index is 13.1. The van der Waals surface area contributed by atoms with Gasteiger partial charge in [-0.2, -0.15) is 0 Å². The Morgan fingerprint density at radius 3 is 2.52 bits per heavy atom. The monoisotopic (exact) mass is 318 g/mol. The van der Waals surface area contributed by atoms with Gasteiger partial charge >= 0.3 is 12.0 Å². The van der Waals surface area contributed by atoms with E-state index < -0.39 is 27.7 Å². The lowest BCUT2D eigenvalue weighted by atomic mass is 10.2. The number of anilines is 1. The number of sulfone groups is 1. The van der Waals surface area contributed by atoms with E-state index in [-0.39, 0.29) is 23.5 Å². The molecule has 0 aliphatic rings. The Labute approximate surface area is 121 Å². The third-order valence-corrected chi connectivity index (χ3v) is 3.52. The molecular weight excluding hydrogens is 303 g/mol. The Bertz CT molecular complexity index is 660. The molecular formula is C12H15FN2O5S. The summed E-state index contributed by atoms with van der Waals surface area (Å²) in [6, 6.07) is 2.15. The molecule has 9 heteroatoms. The topological polar surface area (TPSA) is 104 Å². The van der Waals surface area contributed by atoms with Crippen molar-refractivity contribution in [2.24, 2.45) is 0 Å². The fourth-order valence-corrected chi connectivity index (χ4v) is 2.03. The molecule has 2 amide bonds. The fourth-order valence-electron chi connectivity index (χ4n) is 1.42. The zero-order chi connectivity index (χ0) is 16.2. The summed E-state index contributed by atoms with van der Waals surface area (Å²) >= 11 is 0. The summed E-state index contributed by atoms with van der Waals surface area (Å²) in [7, 11) is -1.88. The number of aromatic carboxylic acids is 1. The summed E-state index contributed by atoms with van der Waals surface area (Å²) in [6.45, 7) is -0.0671. The summed E-state index contributed by atoms with van der Waals surface area (Å²) in [5.74, 6) is -2.25. The smallest absolute Gasteiger partial charge is 0.337 e. The van der Waals surface area contributed by atoms with Crippen molar-refractivity contribution < 1.29 is 27.5 Å². The number of hydrogen-bond acceptors (Lipinski definition) is 4. The van der Waals surface area contributed by atoms with E-state index in [0.717, 1.165) is 29.4 Å². The van der Waals surface area contributed by atoms with Crippen molar-refractivity contribution >= 4 is 27.5 Å². The molecule has 0 saturated carbocycles. The van der Waals surface area contributed by atoms with Crippen LogP contribution in [0.25, 0.3) is 0 Å². The van der Waals surface area contributed by atoms with Gasteiger partial charge in [-0.15, -0.1) is 0 Å². The standard InChI is InChI=1S/C12H15FN2O5S/c1-15(5-6-21(2,19)20)12(18)14-10-7-8(13)3-4-9(10)11(16)17/h3-4,7H,5-6H2,1-2H3,(H,14,18)(H,16,17). The molecule has 0 spiro atoms. The van der Waals surface area contributed by atoms with Crippen molar-refractivity contribution in [2.45, 2.75) is 0 Å². The second-order valence-corrected chi connectivity index (χ2v) is 6.74. The molecule has 0 bridgehead atoms. The summed E-state index contributed by atoms with van der Waals surface area (Å²) < 4.78 is 35.2. The Hall–Kier alpha value is -2.16. The molecule has 0 aromatic heterocycles. The highest BCUT2D eigenvalue weighted by Crippen LogP contribution is 2.17. The number of carboxylic acid groups (broad SMARTS) is 1. The minimum Gasteiger partial charge on any atom is -0.478 e. The van der Waals surface area contributed by atoms with E-state index in [4.69, 9.17) is 5.11 Å². The number of rotatable bonds is 5. The first kappa shape index (κ1) is 16.9. The maximum atomic E-state index is 13.1. The number of halogens is 1. The van der Waals surface area contributed by atoms with Gasteiger partial charge < -0.3 is 15.3 Å². The molecule has 1 aromatic carbocycles. The molecule has 0 fully saturated rings. The molecule has 1 aromatic rings. The third kappa shape index (κ3) is 5.38. The Morgan fingerprint density at radius 1 is 1.38 bits per heavy atom.